The van der Waals surface area contributed by atoms with E-state index >= 15 is 0 Å². The molecular weight excluding hydrogens is 276 g/mol. The fourth-order valence-corrected chi connectivity index (χ4v) is 3.55. The molecule has 0 radical (unpaired) electrons. The Hall–Kier alpha value is -1.73. The van der Waals surface area contributed by atoms with Gasteiger partial charge in [0.15, 0.2) is 0 Å². The summed E-state index contributed by atoms with van der Waals surface area (Å²) in [5, 5.41) is 23.9. The average Bonchev–Trinajstić information content (AvgIpc) is 3.10. The number of aliphatic carboxylic acids is 1. The molecule has 0 aromatic carbocycles. The highest BCUT2D eigenvalue weighted by atomic mass is 32.1. The molecule has 106 valence electrons. The van der Waals surface area contributed by atoms with Gasteiger partial charge in [-0.25, -0.2) is 0 Å². The maximum atomic E-state index is 11.0. The molecule has 1 saturated heterocycles. The zero-order valence-electron chi connectivity index (χ0n) is 10.9. The molecular formula is C13H16N4O2S. The number of carboxylic acids is 1. The lowest BCUT2D eigenvalue weighted by Crippen LogP contribution is -2.20. The van der Waals surface area contributed by atoms with Crippen molar-refractivity contribution in [3.63, 3.8) is 0 Å². The van der Waals surface area contributed by atoms with E-state index in [1.165, 1.54) is 5.56 Å². The topological polar surface area (TPSA) is 82.1 Å². The third kappa shape index (κ3) is 2.88. The van der Waals surface area contributed by atoms with Crippen LogP contribution in [0.2, 0.25) is 0 Å². The standard InChI is InChI=1S/C13H16N4O2S/c18-13(19)3-10-6-17(5-9-1-2-20-8-9)7-11(10)12-4-14-16-15-12/h1-2,4,8,10-11H,3,5-7H2,(H,18,19)(H,14,15,16)/t10-,11+/m0/s1. The van der Waals surface area contributed by atoms with E-state index in [9.17, 15) is 4.79 Å². The molecule has 0 amide bonds. The molecule has 2 N–H and O–H groups in total. The van der Waals surface area contributed by atoms with Crippen LogP contribution in [-0.4, -0.2) is 44.5 Å². The summed E-state index contributed by atoms with van der Waals surface area (Å²) in [4.78, 5) is 13.3. The van der Waals surface area contributed by atoms with Gasteiger partial charge in [-0.15, -0.1) is 0 Å². The van der Waals surface area contributed by atoms with Gasteiger partial charge in [0.05, 0.1) is 18.3 Å². The number of nitrogens with one attached hydrogen (secondary N) is 1. The summed E-state index contributed by atoms with van der Waals surface area (Å²) in [7, 11) is 0. The van der Waals surface area contributed by atoms with Gasteiger partial charge in [0.2, 0.25) is 0 Å². The van der Waals surface area contributed by atoms with Crippen LogP contribution in [-0.2, 0) is 11.3 Å². The molecule has 2 aromatic heterocycles. The van der Waals surface area contributed by atoms with Crippen molar-refractivity contribution in [1.82, 2.24) is 20.3 Å². The predicted molar refractivity (Wildman–Crippen MR) is 74.5 cm³/mol. The zero-order chi connectivity index (χ0) is 13.9. The van der Waals surface area contributed by atoms with Crippen molar-refractivity contribution in [2.75, 3.05) is 13.1 Å². The van der Waals surface area contributed by atoms with Crippen molar-refractivity contribution in [2.45, 2.75) is 18.9 Å². The molecule has 3 heterocycles. The van der Waals surface area contributed by atoms with Gasteiger partial charge in [-0.1, -0.05) is 0 Å². The molecule has 0 saturated carbocycles. The molecule has 0 bridgehead atoms. The van der Waals surface area contributed by atoms with Crippen molar-refractivity contribution in [2.24, 2.45) is 5.92 Å². The second-order valence-corrected chi connectivity index (χ2v) is 5.97. The highest BCUT2D eigenvalue weighted by molar-refractivity contribution is 7.07. The molecule has 1 aliphatic heterocycles. The van der Waals surface area contributed by atoms with Gasteiger partial charge in [0.25, 0.3) is 0 Å². The SMILES string of the molecule is O=C(O)C[C@H]1CN(Cc2ccsc2)C[C@H]1c1cn[nH]n1. The van der Waals surface area contributed by atoms with Crippen molar-refractivity contribution < 1.29 is 9.90 Å². The number of carbonyl (C=O) groups is 1. The molecule has 6 nitrogen and oxygen atoms in total. The second-order valence-electron chi connectivity index (χ2n) is 5.18. The number of nitrogens with zero attached hydrogens (tertiary/aromatic N) is 3. The number of likely N-dealkylation sites (tertiary alicyclic amines) is 1. The van der Waals surface area contributed by atoms with Gasteiger partial charge in [-0.05, 0) is 28.3 Å². The fourth-order valence-electron chi connectivity index (χ4n) is 2.89. The van der Waals surface area contributed by atoms with Crippen molar-refractivity contribution in [1.29, 1.82) is 0 Å². The predicted octanol–water partition coefficient (Wildman–Crippen LogP) is 1.56. The Kier molecular flexibility index (Phi) is 3.79. The summed E-state index contributed by atoms with van der Waals surface area (Å²) in [6.45, 7) is 2.49. The summed E-state index contributed by atoms with van der Waals surface area (Å²) in [6, 6.07) is 2.11. The molecule has 7 heteroatoms. The number of carboxylic acid groups (broad SMARTS) is 1. The van der Waals surface area contributed by atoms with Crippen molar-refractivity contribution >= 4 is 17.3 Å². The van der Waals surface area contributed by atoms with E-state index in [1.807, 2.05) is 0 Å². The Bertz CT molecular complexity index is 555. The van der Waals surface area contributed by atoms with Crippen LogP contribution in [0.5, 0.6) is 0 Å². The van der Waals surface area contributed by atoms with E-state index in [2.05, 4.69) is 37.1 Å². The Morgan fingerprint density at radius 2 is 2.45 bits per heavy atom. The number of aromatic amines is 1. The minimum Gasteiger partial charge on any atom is -0.481 e. The van der Waals surface area contributed by atoms with Crippen molar-refractivity contribution in [3.05, 3.63) is 34.3 Å². The van der Waals surface area contributed by atoms with Crippen molar-refractivity contribution in [3.8, 4) is 0 Å². The third-order valence-corrected chi connectivity index (χ3v) is 4.49. The number of aromatic nitrogens is 3. The monoisotopic (exact) mass is 292 g/mol. The number of hydrogen-bond donors (Lipinski definition) is 2. The Morgan fingerprint density at radius 3 is 3.10 bits per heavy atom. The lowest BCUT2D eigenvalue weighted by Gasteiger charge is -2.14. The quantitative estimate of drug-likeness (QED) is 0.874. The lowest BCUT2D eigenvalue weighted by molar-refractivity contribution is -0.138. The Morgan fingerprint density at radius 1 is 1.55 bits per heavy atom. The van der Waals surface area contributed by atoms with Gasteiger partial charge < -0.3 is 5.11 Å². The number of hydrogen-bond acceptors (Lipinski definition) is 5. The smallest absolute Gasteiger partial charge is 0.303 e. The Balaban J connectivity index is 1.72. The van der Waals surface area contributed by atoms with Gasteiger partial charge in [0.1, 0.15) is 0 Å². The lowest BCUT2D eigenvalue weighted by atomic mass is 9.91. The number of thiophene rings is 1. The third-order valence-electron chi connectivity index (χ3n) is 3.75. The molecule has 2 atom stereocenters. The van der Waals surface area contributed by atoms with Gasteiger partial charge in [-0.3, -0.25) is 9.69 Å². The summed E-state index contributed by atoms with van der Waals surface area (Å²) >= 11 is 1.68. The first kappa shape index (κ1) is 13.3. The average molecular weight is 292 g/mol. The van der Waals surface area contributed by atoms with Crippen LogP contribution in [0.1, 0.15) is 23.6 Å². The zero-order valence-corrected chi connectivity index (χ0v) is 11.7. The molecule has 1 fully saturated rings. The number of H-pyrrole nitrogens is 1. The van der Waals surface area contributed by atoms with Gasteiger partial charge in [-0.2, -0.15) is 26.7 Å². The highest BCUT2D eigenvalue weighted by Crippen LogP contribution is 2.34. The van der Waals surface area contributed by atoms with E-state index in [0.29, 0.717) is 0 Å². The van der Waals surface area contributed by atoms with E-state index in [-0.39, 0.29) is 18.3 Å². The maximum absolute atomic E-state index is 11.0. The molecule has 0 spiro atoms. The number of rotatable bonds is 5. The minimum absolute atomic E-state index is 0.0937. The summed E-state index contributed by atoms with van der Waals surface area (Å²) in [6.07, 6.45) is 1.88. The first-order valence-electron chi connectivity index (χ1n) is 6.53. The maximum Gasteiger partial charge on any atom is 0.303 e. The summed E-state index contributed by atoms with van der Waals surface area (Å²) in [5.41, 5.74) is 2.15. The van der Waals surface area contributed by atoms with E-state index in [4.69, 9.17) is 5.11 Å². The van der Waals surface area contributed by atoms with Crippen LogP contribution in [0, 0.1) is 5.92 Å². The second kappa shape index (κ2) is 5.72. The van der Waals surface area contributed by atoms with E-state index < -0.39 is 5.97 Å². The fraction of sp³-hybridized carbons (Fsp3) is 0.462. The van der Waals surface area contributed by atoms with Crippen LogP contribution >= 0.6 is 11.3 Å². The summed E-state index contributed by atoms with van der Waals surface area (Å²) in [5.74, 6) is -0.513. The Labute approximate surface area is 120 Å². The van der Waals surface area contributed by atoms with Gasteiger partial charge in [0, 0.05) is 25.6 Å². The van der Waals surface area contributed by atoms with E-state index in [0.717, 1.165) is 25.3 Å². The van der Waals surface area contributed by atoms with Crippen LogP contribution in [0.3, 0.4) is 0 Å². The molecule has 2 aromatic rings. The van der Waals surface area contributed by atoms with Gasteiger partial charge >= 0.3 is 5.97 Å². The normalized spacial score (nSPS) is 23.2. The summed E-state index contributed by atoms with van der Waals surface area (Å²) < 4.78 is 0. The highest BCUT2D eigenvalue weighted by Gasteiger charge is 2.36. The van der Waals surface area contributed by atoms with E-state index in [1.54, 1.807) is 17.5 Å². The molecule has 3 rings (SSSR count). The minimum atomic E-state index is -0.749. The molecule has 0 aliphatic carbocycles. The first-order valence-corrected chi connectivity index (χ1v) is 7.47. The largest absolute Gasteiger partial charge is 0.481 e. The molecule has 20 heavy (non-hydrogen) atoms. The van der Waals surface area contributed by atoms with Crippen LogP contribution in [0.25, 0.3) is 0 Å². The van der Waals surface area contributed by atoms with Crippen LogP contribution in [0.15, 0.2) is 23.0 Å². The van der Waals surface area contributed by atoms with Crippen LogP contribution in [0.4, 0.5) is 0 Å². The molecule has 0 unspecified atom stereocenters. The first-order chi connectivity index (χ1) is 9.72. The van der Waals surface area contributed by atoms with Crippen LogP contribution < -0.4 is 0 Å². The molecule has 1 aliphatic rings.